The summed E-state index contributed by atoms with van der Waals surface area (Å²) >= 11 is 0. The predicted molar refractivity (Wildman–Crippen MR) is 94.9 cm³/mol. The molecule has 0 aliphatic heterocycles. The number of aromatic nitrogens is 2. The first-order valence-electron chi connectivity index (χ1n) is 7.99. The minimum atomic E-state index is -0.195. The molecular weight excluding hydrogens is 298 g/mol. The summed E-state index contributed by atoms with van der Waals surface area (Å²) in [6, 6.07) is 19.8. The topological polar surface area (TPSA) is 46.9 Å². The molecule has 0 atom stereocenters. The maximum absolute atomic E-state index is 12.9. The van der Waals surface area contributed by atoms with Crippen LogP contribution in [-0.2, 0) is 7.05 Å². The molecule has 1 heterocycles. The first-order valence-corrected chi connectivity index (χ1v) is 7.99. The van der Waals surface area contributed by atoms with E-state index in [2.05, 4.69) is 10.4 Å². The Morgan fingerprint density at radius 2 is 1.46 bits per heavy atom. The second-order valence-electron chi connectivity index (χ2n) is 5.90. The van der Waals surface area contributed by atoms with Crippen LogP contribution in [0.5, 0.6) is 0 Å². The van der Waals surface area contributed by atoms with Crippen LogP contribution in [0.15, 0.2) is 60.7 Å². The lowest BCUT2D eigenvalue weighted by atomic mass is 9.98. The molecule has 0 fully saturated rings. The van der Waals surface area contributed by atoms with Crippen LogP contribution < -0.4 is 5.32 Å². The average molecular weight is 319 g/mol. The van der Waals surface area contributed by atoms with Crippen LogP contribution in [-0.4, -0.2) is 15.7 Å². The largest absolute Gasteiger partial charge is 0.341 e. The zero-order valence-electron chi connectivity index (χ0n) is 14.2. The lowest BCUT2D eigenvalue weighted by Crippen LogP contribution is -2.30. The minimum absolute atomic E-state index is 0.101. The second-order valence-corrected chi connectivity index (χ2v) is 5.90. The normalized spacial score (nSPS) is 10.8. The van der Waals surface area contributed by atoms with E-state index in [1.54, 1.807) is 4.68 Å². The van der Waals surface area contributed by atoms with E-state index in [4.69, 9.17) is 0 Å². The van der Waals surface area contributed by atoms with Crippen molar-refractivity contribution in [2.45, 2.75) is 19.9 Å². The van der Waals surface area contributed by atoms with E-state index in [1.807, 2.05) is 81.6 Å². The zero-order chi connectivity index (χ0) is 17.1. The molecule has 1 amide bonds. The van der Waals surface area contributed by atoms with Gasteiger partial charge in [-0.3, -0.25) is 9.48 Å². The highest BCUT2D eigenvalue weighted by Gasteiger charge is 2.22. The summed E-state index contributed by atoms with van der Waals surface area (Å²) in [4.78, 5) is 12.9. The van der Waals surface area contributed by atoms with Gasteiger partial charge >= 0.3 is 0 Å². The summed E-state index contributed by atoms with van der Waals surface area (Å²) in [5.74, 6) is -0.101. The van der Waals surface area contributed by atoms with Gasteiger partial charge < -0.3 is 5.32 Å². The van der Waals surface area contributed by atoms with E-state index >= 15 is 0 Å². The molecule has 0 saturated carbocycles. The van der Waals surface area contributed by atoms with E-state index in [0.29, 0.717) is 5.56 Å². The third kappa shape index (κ3) is 3.08. The molecular formula is C20H21N3O. The van der Waals surface area contributed by atoms with Gasteiger partial charge in [-0.1, -0.05) is 60.7 Å². The summed E-state index contributed by atoms with van der Waals surface area (Å²) in [5, 5.41) is 7.51. The van der Waals surface area contributed by atoms with Crippen molar-refractivity contribution < 1.29 is 4.79 Å². The quantitative estimate of drug-likeness (QED) is 0.799. The molecule has 2 aromatic carbocycles. The molecule has 0 aliphatic rings. The van der Waals surface area contributed by atoms with Crippen LogP contribution in [0.25, 0.3) is 0 Å². The minimum Gasteiger partial charge on any atom is -0.341 e. The molecule has 1 aromatic heterocycles. The van der Waals surface area contributed by atoms with Gasteiger partial charge in [-0.05, 0) is 25.0 Å². The van der Waals surface area contributed by atoms with Gasteiger partial charge in [0.05, 0.1) is 17.3 Å². The van der Waals surface area contributed by atoms with Gasteiger partial charge in [0.25, 0.3) is 5.91 Å². The Morgan fingerprint density at radius 3 is 1.88 bits per heavy atom. The fraction of sp³-hybridized carbons (Fsp3) is 0.200. The molecule has 0 saturated heterocycles. The zero-order valence-corrected chi connectivity index (χ0v) is 14.2. The number of hydrogen-bond donors (Lipinski definition) is 1. The number of carbonyl (C=O) groups is 1. The van der Waals surface area contributed by atoms with Crippen molar-refractivity contribution in [1.82, 2.24) is 15.1 Å². The van der Waals surface area contributed by atoms with Crippen molar-refractivity contribution in [2.75, 3.05) is 0 Å². The smallest absolute Gasteiger partial charge is 0.255 e. The number of aryl methyl sites for hydroxylation is 2. The van der Waals surface area contributed by atoms with E-state index in [1.165, 1.54) is 0 Å². The highest BCUT2D eigenvalue weighted by Crippen LogP contribution is 2.23. The summed E-state index contributed by atoms with van der Waals surface area (Å²) in [7, 11) is 1.85. The van der Waals surface area contributed by atoms with Gasteiger partial charge in [-0.25, -0.2) is 0 Å². The number of amides is 1. The predicted octanol–water partition coefficient (Wildman–Crippen LogP) is 3.56. The molecule has 0 radical (unpaired) electrons. The first-order chi connectivity index (χ1) is 11.6. The Morgan fingerprint density at radius 1 is 0.958 bits per heavy atom. The Hall–Kier alpha value is -2.88. The van der Waals surface area contributed by atoms with Gasteiger partial charge in [-0.15, -0.1) is 0 Å². The van der Waals surface area contributed by atoms with Crippen molar-refractivity contribution >= 4 is 5.91 Å². The maximum atomic E-state index is 12.9. The highest BCUT2D eigenvalue weighted by molar-refractivity contribution is 5.96. The Balaban J connectivity index is 1.97. The molecule has 0 spiro atoms. The van der Waals surface area contributed by atoms with Crippen molar-refractivity contribution in [2.24, 2.45) is 7.05 Å². The maximum Gasteiger partial charge on any atom is 0.255 e. The molecule has 0 bridgehead atoms. The van der Waals surface area contributed by atoms with Crippen LogP contribution in [0.3, 0.4) is 0 Å². The Labute approximate surface area is 142 Å². The number of benzene rings is 2. The number of rotatable bonds is 4. The number of hydrogen-bond acceptors (Lipinski definition) is 2. The molecule has 0 aliphatic carbocycles. The van der Waals surface area contributed by atoms with Crippen LogP contribution in [0.2, 0.25) is 0 Å². The number of carbonyl (C=O) groups excluding carboxylic acids is 1. The highest BCUT2D eigenvalue weighted by atomic mass is 16.1. The van der Waals surface area contributed by atoms with Crippen molar-refractivity contribution in [3.63, 3.8) is 0 Å². The summed E-state index contributed by atoms with van der Waals surface area (Å²) in [6.45, 7) is 3.77. The van der Waals surface area contributed by atoms with Gasteiger partial charge in [0.2, 0.25) is 0 Å². The summed E-state index contributed by atoms with van der Waals surface area (Å²) < 4.78 is 1.74. The summed E-state index contributed by atoms with van der Waals surface area (Å²) in [6.07, 6.45) is 0. The standard InChI is InChI=1S/C20H21N3O/c1-14-18(15(2)23(3)22-14)20(24)21-19(16-10-6-4-7-11-16)17-12-8-5-9-13-17/h4-13,19H,1-3H3,(H,21,24). The SMILES string of the molecule is Cc1nn(C)c(C)c1C(=O)NC(c1ccccc1)c1ccccc1. The molecule has 122 valence electrons. The molecule has 4 heteroatoms. The van der Waals surface area contributed by atoms with Crippen LogP contribution in [0.1, 0.15) is 38.9 Å². The first kappa shape index (κ1) is 16.0. The van der Waals surface area contributed by atoms with Gasteiger partial charge in [-0.2, -0.15) is 5.10 Å². The van der Waals surface area contributed by atoms with Crippen LogP contribution in [0.4, 0.5) is 0 Å². The molecule has 0 unspecified atom stereocenters. The third-order valence-corrected chi connectivity index (χ3v) is 4.28. The average Bonchev–Trinajstić information content (AvgIpc) is 2.86. The van der Waals surface area contributed by atoms with E-state index in [9.17, 15) is 4.79 Å². The van der Waals surface area contributed by atoms with Crippen molar-refractivity contribution in [1.29, 1.82) is 0 Å². The molecule has 1 N–H and O–H groups in total. The van der Waals surface area contributed by atoms with Crippen molar-refractivity contribution in [3.8, 4) is 0 Å². The fourth-order valence-electron chi connectivity index (χ4n) is 2.96. The number of nitrogens with one attached hydrogen (secondary N) is 1. The van der Waals surface area contributed by atoms with E-state index in [-0.39, 0.29) is 11.9 Å². The lowest BCUT2D eigenvalue weighted by Gasteiger charge is -2.20. The monoisotopic (exact) mass is 319 g/mol. The molecule has 3 aromatic rings. The van der Waals surface area contributed by atoms with Gasteiger partial charge in [0.15, 0.2) is 0 Å². The van der Waals surface area contributed by atoms with Gasteiger partial charge in [0, 0.05) is 12.7 Å². The molecule has 4 nitrogen and oxygen atoms in total. The van der Waals surface area contributed by atoms with E-state index in [0.717, 1.165) is 22.5 Å². The summed E-state index contributed by atoms with van der Waals surface area (Å²) in [5.41, 5.74) is 4.36. The number of nitrogens with zero attached hydrogens (tertiary/aromatic N) is 2. The van der Waals surface area contributed by atoms with Crippen LogP contribution in [0, 0.1) is 13.8 Å². The molecule has 24 heavy (non-hydrogen) atoms. The van der Waals surface area contributed by atoms with Crippen LogP contribution >= 0.6 is 0 Å². The van der Waals surface area contributed by atoms with E-state index < -0.39 is 0 Å². The van der Waals surface area contributed by atoms with Gasteiger partial charge in [0.1, 0.15) is 0 Å². The lowest BCUT2D eigenvalue weighted by molar-refractivity contribution is 0.0941. The fourth-order valence-corrected chi connectivity index (χ4v) is 2.96. The van der Waals surface area contributed by atoms with Crippen molar-refractivity contribution in [3.05, 3.63) is 88.7 Å². The Bertz CT molecular complexity index is 799. The second kappa shape index (κ2) is 6.71. The molecule has 3 rings (SSSR count). The third-order valence-electron chi connectivity index (χ3n) is 4.28. The Kier molecular flexibility index (Phi) is 4.47.